The van der Waals surface area contributed by atoms with Crippen molar-refractivity contribution in [1.29, 1.82) is 0 Å². The largest absolute Gasteiger partial charge is 0.400 e. The molecule has 23 heavy (non-hydrogen) atoms. The number of hydrogen-bond donors (Lipinski definition) is 1. The van der Waals surface area contributed by atoms with Crippen molar-refractivity contribution in [2.24, 2.45) is 0 Å². The fourth-order valence-corrected chi connectivity index (χ4v) is 2.01. The lowest BCUT2D eigenvalue weighted by Gasteiger charge is -2.29. The van der Waals surface area contributed by atoms with Crippen LogP contribution in [0.2, 0.25) is 0 Å². The number of nitrogens with zero attached hydrogens (tertiary/aromatic N) is 3. The molecule has 0 unspecified atom stereocenters. The smallest absolute Gasteiger partial charge is 0.378 e. The molecule has 2 heterocycles. The Morgan fingerprint density at radius 1 is 1.35 bits per heavy atom. The first-order valence-electron chi connectivity index (χ1n) is 6.96. The molecule has 0 spiro atoms. The topological polar surface area (TPSA) is 93.5 Å². The van der Waals surface area contributed by atoms with Gasteiger partial charge in [-0.25, -0.2) is 4.98 Å². The first-order chi connectivity index (χ1) is 10.9. The van der Waals surface area contributed by atoms with Crippen LogP contribution in [0, 0.1) is 0 Å². The Bertz CT molecular complexity index is 628. The quantitative estimate of drug-likeness (QED) is 0.689. The minimum atomic E-state index is -4.16. The van der Waals surface area contributed by atoms with Crippen LogP contribution < -0.4 is 10.9 Å². The molecule has 0 atom stereocenters. The molecule has 1 aliphatic rings. The zero-order valence-corrected chi connectivity index (χ0v) is 12.2. The molecule has 126 valence electrons. The van der Waals surface area contributed by atoms with Gasteiger partial charge in [-0.3, -0.25) is 19.0 Å². The van der Waals surface area contributed by atoms with E-state index in [0.717, 1.165) is 9.47 Å². The van der Waals surface area contributed by atoms with Crippen LogP contribution >= 0.6 is 0 Å². The Labute approximate surface area is 130 Å². The van der Waals surface area contributed by atoms with Crippen molar-refractivity contribution in [3.8, 4) is 0 Å². The predicted molar refractivity (Wildman–Crippen MR) is 73.9 cm³/mol. The molecule has 2 amide bonds. The zero-order valence-electron chi connectivity index (χ0n) is 12.2. The minimum absolute atomic E-state index is 0.0206. The second-order valence-electron chi connectivity index (χ2n) is 4.85. The van der Waals surface area contributed by atoms with Gasteiger partial charge in [-0.2, -0.15) is 8.78 Å². The molecular formula is C13H16F2N4O4. The van der Waals surface area contributed by atoms with E-state index < -0.39 is 17.7 Å². The summed E-state index contributed by atoms with van der Waals surface area (Å²) < 4.78 is 33.9. The molecule has 2 rings (SSSR count). The average Bonchev–Trinajstić information content (AvgIpc) is 2.56. The lowest BCUT2D eigenvalue weighted by molar-refractivity contribution is -0.170. The van der Waals surface area contributed by atoms with E-state index >= 15 is 0 Å². The summed E-state index contributed by atoms with van der Waals surface area (Å²) >= 11 is 0. The summed E-state index contributed by atoms with van der Waals surface area (Å²) in [4.78, 5) is 39.3. The summed E-state index contributed by atoms with van der Waals surface area (Å²) in [5.41, 5.74) is -0.370. The monoisotopic (exact) mass is 330 g/mol. The summed E-state index contributed by atoms with van der Waals surface area (Å²) in [5, 5.41) is 1.96. The standard InChI is InChI=1S/C13H16F2N4O4/c14-13(15,12(22)18-5-7-23-8-6-18)11(21)17-3-4-19-9-16-2-1-10(19)20/h1-2,9H,3-8H2,(H,17,21). The maximum Gasteiger partial charge on any atom is 0.400 e. The second-order valence-corrected chi connectivity index (χ2v) is 4.85. The molecule has 1 aromatic heterocycles. The number of rotatable bonds is 5. The maximum absolute atomic E-state index is 13.9. The highest BCUT2D eigenvalue weighted by molar-refractivity contribution is 6.06. The number of alkyl halides is 2. The normalized spacial score (nSPS) is 15.3. The molecule has 0 saturated carbocycles. The van der Waals surface area contributed by atoms with E-state index in [9.17, 15) is 23.2 Å². The van der Waals surface area contributed by atoms with Gasteiger partial charge in [0.2, 0.25) is 0 Å². The molecule has 8 nitrogen and oxygen atoms in total. The third-order valence-electron chi connectivity index (χ3n) is 3.28. The van der Waals surface area contributed by atoms with Crippen LogP contribution in [0.5, 0.6) is 0 Å². The van der Waals surface area contributed by atoms with E-state index in [1.54, 1.807) is 0 Å². The van der Waals surface area contributed by atoms with Crippen LogP contribution in [0.4, 0.5) is 8.78 Å². The van der Waals surface area contributed by atoms with E-state index in [1.165, 1.54) is 18.6 Å². The van der Waals surface area contributed by atoms with Crippen molar-refractivity contribution < 1.29 is 23.1 Å². The number of carbonyl (C=O) groups excluding carboxylic acids is 2. The van der Waals surface area contributed by atoms with Gasteiger partial charge in [0.1, 0.15) is 0 Å². The summed E-state index contributed by atoms with van der Waals surface area (Å²) in [5.74, 6) is -7.39. The van der Waals surface area contributed by atoms with Gasteiger partial charge >= 0.3 is 17.7 Å². The molecule has 0 aromatic carbocycles. The minimum Gasteiger partial charge on any atom is -0.378 e. The van der Waals surface area contributed by atoms with Crippen molar-refractivity contribution >= 4 is 11.8 Å². The van der Waals surface area contributed by atoms with Gasteiger partial charge in [0.15, 0.2) is 0 Å². The van der Waals surface area contributed by atoms with E-state index in [2.05, 4.69) is 4.98 Å². The van der Waals surface area contributed by atoms with E-state index in [4.69, 9.17) is 4.74 Å². The molecule has 1 N–H and O–H groups in total. The number of nitrogens with one attached hydrogen (secondary N) is 1. The highest BCUT2D eigenvalue weighted by Gasteiger charge is 2.49. The lowest BCUT2D eigenvalue weighted by Crippen LogP contribution is -2.55. The lowest BCUT2D eigenvalue weighted by atomic mass is 10.2. The van der Waals surface area contributed by atoms with E-state index in [-0.39, 0.29) is 45.0 Å². The highest BCUT2D eigenvalue weighted by Crippen LogP contribution is 2.18. The van der Waals surface area contributed by atoms with Crippen LogP contribution in [-0.2, 0) is 20.9 Å². The molecule has 1 saturated heterocycles. The first-order valence-corrected chi connectivity index (χ1v) is 6.96. The number of amides is 2. The Balaban J connectivity index is 1.89. The molecule has 0 aliphatic carbocycles. The van der Waals surface area contributed by atoms with Gasteiger partial charge in [0.05, 0.1) is 19.5 Å². The third-order valence-corrected chi connectivity index (χ3v) is 3.28. The van der Waals surface area contributed by atoms with Crippen LogP contribution in [0.25, 0.3) is 0 Å². The van der Waals surface area contributed by atoms with Gasteiger partial charge in [-0.1, -0.05) is 0 Å². The van der Waals surface area contributed by atoms with Gasteiger partial charge in [0.25, 0.3) is 5.56 Å². The first kappa shape index (κ1) is 17.0. The molecule has 0 radical (unpaired) electrons. The third kappa shape index (κ3) is 4.09. The zero-order chi connectivity index (χ0) is 16.9. The van der Waals surface area contributed by atoms with Crippen molar-refractivity contribution in [1.82, 2.24) is 19.8 Å². The number of hydrogen-bond acceptors (Lipinski definition) is 5. The summed E-state index contributed by atoms with van der Waals surface area (Å²) in [6, 6.07) is 1.21. The van der Waals surface area contributed by atoms with E-state index in [1.807, 2.05) is 5.32 Å². The fraction of sp³-hybridized carbons (Fsp3) is 0.538. The number of halogens is 2. The van der Waals surface area contributed by atoms with Crippen LogP contribution in [-0.4, -0.2) is 65.0 Å². The number of morpholine rings is 1. The Morgan fingerprint density at radius 2 is 2.04 bits per heavy atom. The number of carbonyl (C=O) groups is 2. The highest BCUT2D eigenvalue weighted by atomic mass is 19.3. The van der Waals surface area contributed by atoms with Crippen LogP contribution in [0.15, 0.2) is 23.4 Å². The molecule has 1 fully saturated rings. The van der Waals surface area contributed by atoms with Gasteiger partial charge < -0.3 is 15.0 Å². The number of aromatic nitrogens is 2. The molecule has 10 heteroatoms. The van der Waals surface area contributed by atoms with Gasteiger partial charge in [-0.05, 0) is 0 Å². The van der Waals surface area contributed by atoms with Gasteiger partial charge in [-0.15, -0.1) is 0 Å². The van der Waals surface area contributed by atoms with Crippen LogP contribution in [0.1, 0.15) is 0 Å². The predicted octanol–water partition coefficient (Wildman–Crippen LogP) is -1.15. The van der Waals surface area contributed by atoms with Crippen molar-refractivity contribution in [2.45, 2.75) is 12.5 Å². The molecular weight excluding hydrogens is 314 g/mol. The molecule has 1 aromatic rings. The Hall–Kier alpha value is -2.36. The summed E-state index contributed by atoms with van der Waals surface area (Å²) in [6.45, 7) is 0.108. The van der Waals surface area contributed by atoms with Crippen molar-refractivity contribution in [2.75, 3.05) is 32.8 Å². The summed E-state index contributed by atoms with van der Waals surface area (Å²) in [7, 11) is 0. The summed E-state index contributed by atoms with van der Waals surface area (Å²) in [6.07, 6.45) is 2.53. The van der Waals surface area contributed by atoms with Crippen molar-refractivity contribution in [3.05, 3.63) is 28.9 Å². The number of ether oxygens (including phenoxy) is 1. The van der Waals surface area contributed by atoms with Gasteiger partial charge in [0, 0.05) is 38.4 Å². The van der Waals surface area contributed by atoms with Crippen molar-refractivity contribution in [3.63, 3.8) is 0 Å². The Morgan fingerprint density at radius 3 is 2.70 bits per heavy atom. The maximum atomic E-state index is 13.9. The fourth-order valence-electron chi connectivity index (χ4n) is 2.01. The SMILES string of the molecule is O=C(NCCn1cnccc1=O)C(F)(F)C(=O)N1CCOCC1. The van der Waals surface area contributed by atoms with Crippen LogP contribution in [0.3, 0.4) is 0 Å². The van der Waals surface area contributed by atoms with E-state index in [0.29, 0.717) is 0 Å². The Kier molecular flexibility index (Phi) is 5.37. The molecule has 0 bridgehead atoms. The molecule has 1 aliphatic heterocycles. The second kappa shape index (κ2) is 7.27. The average molecular weight is 330 g/mol.